The lowest BCUT2D eigenvalue weighted by atomic mass is 10.1. The number of aryl methyl sites for hydroxylation is 1. The van der Waals surface area contributed by atoms with Gasteiger partial charge >= 0.3 is 0 Å². The highest BCUT2D eigenvalue weighted by Crippen LogP contribution is 2.23. The van der Waals surface area contributed by atoms with Crippen molar-refractivity contribution in [2.24, 2.45) is 0 Å². The minimum absolute atomic E-state index is 0.0707. The Labute approximate surface area is 122 Å². The highest BCUT2D eigenvalue weighted by Gasteiger charge is 2.04. The predicted octanol–water partition coefficient (Wildman–Crippen LogP) is 4.00. The van der Waals surface area contributed by atoms with Gasteiger partial charge in [0.2, 0.25) is 0 Å². The van der Waals surface area contributed by atoms with Gasteiger partial charge in [-0.2, -0.15) is 0 Å². The summed E-state index contributed by atoms with van der Waals surface area (Å²) >= 11 is 0. The Bertz CT molecular complexity index is 782. The maximum absolute atomic E-state index is 13.3. The van der Waals surface area contributed by atoms with Crippen LogP contribution in [0.25, 0.3) is 10.9 Å². The van der Waals surface area contributed by atoms with Crippen LogP contribution >= 0.6 is 0 Å². The molecule has 0 aliphatic heterocycles. The molecule has 106 valence electrons. The molecule has 0 fully saturated rings. The van der Waals surface area contributed by atoms with Crippen LogP contribution in [0.15, 0.2) is 48.5 Å². The van der Waals surface area contributed by atoms with E-state index in [0.29, 0.717) is 12.1 Å². The third kappa shape index (κ3) is 2.94. The molecular weight excluding hydrogens is 267 g/mol. The largest absolute Gasteiger partial charge is 0.508 e. The van der Waals surface area contributed by atoms with Gasteiger partial charge in [-0.3, -0.25) is 4.98 Å². The van der Waals surface area contributed by atoms with Crippen molar-refractivity contribution in [1.29, 1.82) is 0 Å². The van der Waals surface area contributed by atoms with Crippen molar-refractivity contribution < 1.29 is 9.50 Å². The fraction of sp³-hybridized carbons (Fsp3) is 0.118. The van der Waals surface area contributed by atoms with E-state index >= 15 is 0 Å². The predicted molar refractivity (Wildman–Crippen MR) is 81.9 cm³/mol. The normalized spacial score (nSPS) is 10.8. The summed E-state index contributed by atoms with van der Waals surface area (Å²) in [6.07, 6.45) is 0. The standard InChI is InChI=1S/C17H15FN2O/c1-11-5-6-13-3-2-4-16(17(13)20-11)19-10-12-7-14(18)9-15(21)8-12/h2-9,19,21H,10H2,1H3. The van der Waals surface area contributed by atoms with Crippen LogP contribution in [-0.4, -0.2) is 10.1 Å². The molecule has 2 aromatic carbocycles. The van der Waals surface area contributed by atoms with E-state index in [9.17, 15) is 9.50 Å². The van der Waals surface area contributed by atoms with E-state index in [1.165, 1.54) is 6.07 Å². The minimum atomic E-state index is -0.446. The second kappa shape index (κ2) is 5.40. The number of aromatic hydroxyl groups is 1. The average molecular weight is 282 g/mol. The van der Waals surface area contributed by atoms with Crippen LogP contribution in [0.2, 0.25) is 0 Å². The molecule has 3 rings (SSSR count). The van der Waals surface area contributed by atoms with Gasteiger partial charge in [0.25, 0.3) is 0 Å². The zero-order valence-electron chi connectivity index (χ0n) is 11.6. The molecule has 0 unspecified atom stereocenters. The van der Waals surface area contributed by atoms with Crippen LogP contribution in [0.5, 0.6) is 5.75 Å². The van der Waals surface area contributed by atoms with Crippen LogP contribution in [0, 0.1) is 12.7 Å². The van der Waals surface area contributed by atoms with Crippen molar-refractivity contribution in [3.8, 4) is 5.75 Å². The van der Waals surface area contributed by atoms with E-state index in [1.807, 2.05) is 37.3 Å². The van der Waals surface area contributed by atoms with Crippen LogP contribution in [0.3, 0.4) is 0 Å². The number of aromatic nitrogens is 1. The zero-order valence-corrected chi connectivity index (χ0v) is 11.6. The van der Waals surface area contributed by atoms with Gasteiger partial charge in [0.15, 0.2) is 0 Å². The van der Waals surface area contributed by atoms with Gasteiger partial charge in [-0.05, 0) is 36.8 Å². The van der Waals surface area contributed by atoms with Gasteiger partial charge in [0.05, 0.1) is 11.2 Å². The number of phenolic OH excluding ortho intramolecular Hbond substituents is 1. The fourth-order valence-electron chi connectivity index (χ4n) is 2.32. The van der Waals surface area contributed by atoms with E-state index in [4.69, 9.17) is 0 Å². The molecule has 0 radical (unpaired) electrons. The number of benzene rings is 2. The number of nitrogens with zero attached hydrogens (tertiary/aromatic N) is 1. The molecule has 4 heteroatoms. The molecule has 0 aliphatic carbocycles. The highest BCUT2D eigenvalue weighted by molar-refractivity contribution is 5.90. The first-order valence-corrected chi connectivity index (χ1v) is 6.70. The molecular formula is C17H15FN2O. The van der Waals surface area contributed by atoms with E-state index in [0.717, 1.165) is 28.4 Å². The number of anilines is 1. The first-order chi connectivity index (χ1) is 10.1. The monoisotopic (exact) mass is 282 g/mol. The number of phenols is 1. The van der Waals surface area contributed by atoms with E-state index in [2.05, 4.69) is 10.3 Å². The first kappa shape index (κ1) is 13.4. The number of hydrogen-bond donors (Lipinski definition) is 2. The lowest BCUT2D eigenvalue weighted by molar-refractivity contribution is 0.468. The summed E-state index contributed by atoms with van der Waals surface area (Å²) < 4.78 is 13.3. The Hall–Kier alpha value is -2.62. The molecule has 0 saturated carbocycles. The topological polar surface area (TPSA) is 45.1 Å². The van der Waals surface area contributed by atoms with Gasteiger partial charge in [-0.15, -0.1) is 0 Å². The van der Waals surface area contributed by atoms with Crippen molar-refractivity contribution in [1.82, 2.24) is 4.98 Å². The van der Waals surface area contributed by atoms with E-state index in [-0.39, 0.29) is 5.75 Å². The maximum Gasteiger partial charge on any atom is 0.127 e. The van der Waals surface area contributed by atoms with Crippen LogP contribution in [0.1, 0.15) is 11.3 Å². The van der Waals surface area contributed by atoms with Crippen molar-refractivity contribution in [3.63, 3.8) is 0 Å². The summed E-state index contributed by atoms with van der Waals surface area (Å²) in [4.78, 5) is 4.54. The number of hydrogen-bond acceptors (Lipinski definition) is 3. The third-order valence-electron chi connectivity index (χ3n) is 3.28. The summed E-state index contributed by atoms with van der Waals surface area (Å²) in [5.74, 6) is -0.516. The van der Waals surface area contributed by atoms with Gasteiger partial charge in [-0.1, -0.05) is 18.2 Å². The van der Waals surface area contributed by atoms with Crippen molar-refractivity contribution in [2.75, 3.05) is 5.32 Å². The zero-order chi connectivity index (χ0) is 14.8. The third-order valence-corrected chi connectivity index (χ3v) is 3.28. The van der Waals surface area contributed by atoms with Gasteiger partial charge < -0.3 is 10.4 Å². The van der Waals surface area contributed by atoms with Gasteiger partial charge in [0, 0.05) is 23.7 Å². The Morgan fingerprint density at radius 1 is 1.14 bits per heavy atom. The summed E-state index contributed by atoms with van der Waals surface area (Å²) in [5.41, 5.74) is 3.40. The van der Waals surface area contributed by atoms with Gasteiger partial charge in [0.1, 0.15) is 11.6 Å². The number of pyridine rings is 1. The molecule has 2 N–H and O–H groups in total. The Morgan fingerprint density at radius 3 is 2.81 bits per heavy atom. The van der Waals surface area contributed by atoms with Crippen LogP contribution < -0.4 is 5.32 Å². The molecule has 0 bridgehead atoms. The molecule has 0 atom stereocenters. The van der Waals surface area contributed by atoms with Crippen molar-refractivity contribution in [2.45, 2.75) is 13.5 Å². The number of para-hydroxylation sites is 1. The second-order valence-electron chi connectivity index (χ2n) is 5.00. The van der Waals surface area contributed by atoms with E-state index < -0.39 is 5.82 Å². The van der Waals surface area contributed by atoms with Crippen LogP contribution in [0.4, 0.5) is 10.1 Å². The first-order valence-electron chi connectivity index (χ1n) is 6.70. The van der Waals surface area contributed by atoms with Crippen molar-refractivity contribution >= 4 is 16.6 Å². The Morgan fingerprint density at radius 2 is 2.00 bits per heavy atom. The lowest BCUT2D eigenvalue weighted by Gasteiger charge is -2.10. The molecule has 0 amide bonds. The summed E-state index contributed by atoms with van der Waals surface area (Å²) in [6.45, 7) is 2.36. The number of fused-ring (bicyclic) bond motifs is 1. The molecule has 0 aliphatic rings. The number of nitrogens with one attached hydrogen (secondary N) is 1. The average Bonchev–Trinajstić information content (AvgIpc) is 2.44. The Balaban J connectivity index is 1.89. The SMILES string of the molecule is Cc1ccc2cccc(NCc3cc(O)cc(F)c3)c2n1. The highest BCUT2D eigenvalue weighted by atomic mass is 19.1. The van der Waals surface area contributed by atoms with Crippen molar-refractivity contribution in [3.05, 3.63) is 65.6 Å². The molecule has 3 nitrogen and oxygen atoms in total. The maximum atomic E-state index is 13.3. The molecule has 21 heavy (non-hydrogen) atoms. The molecule has 0 spiro atoms. The quantitative estimate of drug-likeness (QED) is 0.763. The molecule has 1 aromatic heterocycles. The Kier molecular flexibility index (Phi) is 3.44. The second-order valence-corrected chi connectivity index (χ2v) is 5.00. The molecule has 1 heterocycles. The summed E-state index contributed by atoms with van der Waals surface area (Å²) in [5, 5.41) is 13.7. The number of rotatable bonds is 3. The van der Waals surface area contributed by atoms with Gasteiger partial charge in [-0.25, -0.2) is 4.39 Å². The minimum Gasteiger partial charge on any atom is -0.508 e. The van der Waals surface area contributed by atoms with E-state index in [1.54, 1.807) is 6.07 Å². The number of halogens is 1. The van der Waals surface area contributed by atoms with Crippen LogP contribution in [-0.2, 0) is 6.54 Å². The summed E-state index contributed by atoms with van der Waals surface area (Å²) in [6, 6.07) is 13.9. The molecule has 3 aromatic rings. The molecule has 0 saturated heterocycles. The lowest BCUT2D eigenvalue weighted by Crippen LogP contribution is -2.01. The fourth-order valence-corrected chi connectivity index (χ4v) is 2.32. The summed E-state index contributed by atoms with van der Waals surface area (Å²) in [7, 11) is 0. The smallest absolute Gasteiger partial charge is 0.127 e.